The van der Waals surface area contributed by atoms with Crippen molar-refractivity contribution in [1.82, 2.24) is 14.1 Å². The Balaban J connectivity index is 1.38. The second-order valence-corrected chi connectivity index (χ2v) is 9.84. The largest absolute Gasteiger partial charge is 0.459 e. The monoisotopic (exact) mass is 445 g/mol. The van der Waals surface area contributed by atoms with Gasteiger partial charge in [0.1, 0.15) is 0 Å². The van der Waals surface area contributed by atoms with Crippen molar-refractivity contribution in [1.29, 1.82) is 0 Å². The molecule has 0 spiro atoms. The van der Waals surface area contributed by atoms with Gasteiger partial charge in [0.25, 0.3) is 11.8 Å². The standard InChI is InChI=1S/C22H27N3O5S/c26-21(23-13-15-24(16-14-23)22(27)20-6-5-17-30-20)18-7-9-19(10-8-18)31(28,29)25-11-3-1-2-4-12-25/h5-10,17H,1-4,11-16H2. The third kappa shape index (κ3) is 4.67. The Hall–Kier alpha value is -2.65. The number of carbonyl (C=O) groups excluding carboxylic acids is 2. The van der Waals surface area contributed by atoms with Crippen molar-refractivity contribution in [3.8, 4) is 0 Å². The zero-order valence-corrected chi connectivity index (χ0v) is 18.2. The molecule has 4 rings (SSSR count). The summed E-state index contributed by atoms with van der Waals surface area (Å²) in [5, 5.41) is 0. The lowest BCUT2D eigenvalue weighted by molar-refractivity contribution is 0.0518. The van der Waals surface area contributed by atoms with E-state index in [-0.39, 0.29) is 16.7 Å². The Labute approximate surface area is 182 Å². The molecule has 0 unspecified atom stereocenters. The zero-order chi connectivity index (χ0) is 21.8. The van der Waals surface area contributed by atoms with Gasteiger partial charge >= 0.3 is 0 Å². The van der Waals surface area contributed by atoms with Crippen LogP contribution in [0.2, 0.25) is 0 Å². The Morgan fingerprint density at radius 3 is 1.87 bits per heavy atom. The molecule has 0 bridgehead atoms. The molecule has 8 nitrogen and oxygen atoms in total. The number of amides is 2. The highest BCUT2D eigenvalue weighted by Gasteiger charge is 2.28. The van der Waals surface area contributed by atoms with Gasteiger partial charge in [-0.25, -0.2) is 8.42 Å². The maximum absolute atomic E-state index is 12.9. The summed E-state index contributed by atoms with van der Waals surface area (Å²) >= 11 is 0. The summed E-state index contributed by atoms with van der Waals surface area (Å²) in [6.45, 7) is 2.77. The Morgan fingerprint density at radius 1 is 0.742 bits per heavy atom. The molecule has 0 radical (unpaired) electrons. The lowest BCUT2D eigenvalue weighted by Crippen LogP contribution is -2.50. The highest BCUT2D eigenvalue weighted by atomic mass is 32.2. The first-order chi connectivity index (χ1) is 15.0. The molecule has 2 aliphatic rings. The number of carbonyl (C=O) groups is 2. The van der Waals surface area contributed by atoms with E-state index in [1.165, 1.54) is 18.4 Å². The van der Waals surface area contributed by atoms with E-state index in [0.717, 1.165) is 25.7 Å². The highest BCUT2D eigenvalue weighted by Crippen LogP contribution is 2.21. The molecule has 0 aliphatic carbocycles. The quantitative estimate of drug-likeness (QED) is 0.721. The molecule has 2 aromatic rings. The number of rotatable bonds is 4. The molecule has 1 aromatic carbocycles. The van der Waals surface area contributed by atoms with Crippen LogP contribution < -0.4 is 0 Å². The first kappa shape index (κ1) is 21.6. The van der Waals surface area contributed by atoms with E-state index in [4.69, 9.17) is 4.42 Å². The topological polar surface area (TPSA) is 91.1 Å². The van der Waals surface area contributed by atoms with Crippen molar-refractivity contribution >= 4 is 21.8 Å². The summed E-state index contributed by atoms with van der Waals surface area (Å²) in [6, 6.07) is 9.49. The van der Waals surface area contributed by atoms with Gasteiger partial charge in [-0.2, -0.15) is 4.31 Å². The van der Waals surface area contributed by atoms with Crippen LogP contribution in [-0.2, 0) is 10.0 Å². The van der Waals surface area contributed by atoms with Crippen molar-refractivity contribution in [3.05, 3.63) is 54.0 Å². The molecule has 2 amide bonds. The van der Waals surface area contributed by atoms with Crippen LogP contribution in [0.4, 0.5) is 0 Å². The SMILES string of the molecule is O=C(c1ccc(S(=O)(=O)N2CCCCCC2)cc1)N1CCN(C(=O)c2ccco2)CC1. The summed E-state index contributed by atoms with van der Waals surface area (Å²) in [5.74, 6) is -0.0510. The van der Waals surface area contributed by atoms with Gasteiger partial charge in [-0.3, -0.25) is 9.59 Å². The summed E-state index contributed by atoms with van der Waals surface area (Å²) in [6.07, 6.45) is 5.33. The maximum atomic E-state index is 12.9. The third-order valence-electron chi connectivity index (χ3n) is 5.89. The normalized spacial score (nSPS) is 18.6. The summed E-state index contributed by atoms with van der Waals surface area (Å²) < 4.78 is 32.5. The summed E-state index contributed by atoms with van der Waals surface area (Å²) in [5.41, 5.74) is 0.445. The van der Waals surface area contributed by atoms with Gasteiger partial charge in [-0.15, -0.1) is 0 Å². The molecule has 2 aliphatic heterocycles. The maximum Gasteiger partial charge on any atom is 0.289 e. The predicted octanol–water partition coefficient (Wildman–Crippen LogP) is 2.44. The molecule has 31 heavy (non-hydrogen) atoms. The van der Waals surface area contributed by atoms with Crippen LogP contribution in [0.25, 0.3) is 0 Å². The lowest BCUT2D eigenvalue weighted by atomic mass is 10.2. The second kappa shape index (κ2) is 9.23. The minimum Gasteiger partial charge on any atom is -0.459 e. The third-order valence-corrected chi connectivity index (χ3v) is 7.80. The van der Waals surface area contributed by atoms with Crippen LogP contribution >= 0.6 is 0 Å². The van der Waals surface area contributed by atoms with Crippen LogP contribution in [0, 0.1) is 0 Å². The van der Waals surface area contributed by atoms with Crippen LogP contribution in [0.3, 0.4) is 0 Å². The van der Waals surface area contributed by atoms with Crippen molar-refractivity contribution in [2.45, 2.75) is 30.6 Å². The molecule has 166 valence electrons. The number of sulfonamides is 1. The van der Waals surface area contributed by atoms with Gasteiger partial charge in [-0.05, 0) is 49.2 Å². The van der Waals surface area contributed by atoms with Crippen LogP contribution in [0.1, 0.15) is 46.6 Å². The Morgan fingerprint density at radius 2 is 1.32 bits per heavy atom. The molecule has 9 heteroatoms. The zero-order valence-electron chi connectivity index (χ0n) is 17.4. The van der Waals surface area contributed by atoms with E-state index < -0.39 is 10.0 Å². The fraction of sp³-hybridized carbons (Fsp3) is 0.455. The highest BCUT2D eigenvalue weighted by molar-refractivity contribution is 7.89. The van der Waals surface area contributed by atoms with Gasteiger partial charge in [0, 0.05) is 44.8 Å². The number of hydrogen-bond acceptors (Lipinski definition) is 5. The molecule has 2 fully saturated rings. The molecular formula is C22H27N3O5S. The molecule has 0 atom stereocenters. The Bertz CT molecular complexity index is 1000. The fourth-order valence-corrected chi connectivity index (χ4v) is 5.57. The smallest absolute Gasteiger partial charge is 0.289 e. The van der Waals surface area contributed by atoms with Crippen LogP contribution in [0.15, 0.2) is 52.0 Å². The van der Waals surface area contributed by atoms with Gasteiger partial charge < -0.3 is 14.2 Å². The first-order valence-corrected chi connectivity index (χ1v) is 12.1. The minimum absolute atomic E-state index is 0.163. The van der Waals surface area contributed by atoms with Crippen LogP contribution in [0.5, 0.6) is 0 Å². The van der Waals surface area contributed by atoms with E-state index in [1.807, 2.05) is 0 Å². The second-order valence-electron chi connectivity index (χ2n) is 7.90. The number of nitrogens with zero attached hydrogens (tertiary/aromatic N) is 3. The number of piperazine rings is 1. The van der Waals surface area contributed by atoms with Gasteiger partial charge in [0.15, 0.2) is 5.76 Å². The lowest BCUT2D eigenvalue weighted by Gasteiger charge is -2.34. The molecule has 0 N–H and O–H groups in total. The van der Waals surface area contributed by atoms with Gasteiger partial charge in [0.2, 0.25) is 10.0 Å². The minimum atomic E-state index is -3.54. The van der Waals surface area contributed by atoms with E-state index in [0.29, 0.717) is 50.6 Å². The van der Waals surface area contributed by atoms with Crippen molar-refractivity contribution in [2.24, 2.45) is 0 Å². The van der Waals surface area contributed by atoms with Crippen LogP contribution in [-0.4, -0.2) is 73.6 Å². The average Bonchev–Trinajstić information content (AvgIpc) is 3.20. The molecule has 0 saturated carbocycles. The number of benzene rings is 1. The number of hydrogen-bond donors (Lipinski definition) is 0. The van der Waals surface area contributed by atoms with E-state index >= 15 is 0 Å². The molecular weight excluding hydrogens is 418 g/mol. The molecule has 3 heterocycles. The Kier molecular flexibility index (Phi) is 6.43. The van der Waals surface area contributed by atoms with Gasteiger partial charge in [-0.1, -0.05) is 12.8 Å². The van der Waals surface area contributed by atoms with E-state index in [2.05, 4.69) is 0 Å². The fourth-order valence-electron chi connectivity index (χ4n) is 4.05. The predicted molar refractivity (Wildman–Crippen MR) is 114 cm³/mol. The van der Waals surface area contributed by atoms with E-state index in [1.54, 1.807) is 38.4 Å². The summed E-state index contributed by atoms with van der Waals surface area (Å²) in [4.78, 5) is 28.8. The first-order valence-electron chi connectivity index (χ1n) is 10.7. The average molecular weight is 446 g/mol. The van der Waals surface area contributed by atoms with Crippen molar-refractivity contribution < 1.29 is 22.4 Å². The molecule has 1 aromatic heterocycles. The number of furan rings is 1. The molecule has 2 saturated heterocycles. The van der Waals surface area contributed by atoms with Crippen molar-refractivity contribution in [2.75, 3.05) is 39.3 Å². The van der Waals surface area contributed by atoms with E-state index in [9.17, 15) is 18.0 Å². The summed E-state index contributed by atoms with van der Waals surface area (Å²) in [7, 11) is -3.54. The van der Waals surface area contributed by atoms with Gasteiger partial charge in [0.05, 0.1) is 11.2 Å². The van der Waals surface area contributed by atoms with Crippen molar-refractivity contribution in [3.63, 3.8) is 0 Å².